The third-order valence-corrected chi connectivity index (χ3v) is 3.30. The van der Waals surface area contributed by atoms with Gasteiger partial charge in [-0.2, -0.15) is 0 Å². The van der Waals surface area contributed by atoms with E-state index in [1.807, 2.05) is 6.20 Å². The van der Waals surface area contributed by atoms with Crippen molar-refractivity contribution in [2.24, 2.45) is 0 Å². The molecule has 0 aliphatic heterocycles. The minimum Gasteiger partial charge on any atom is -0.444 e. The Bertz CT molecular complexity index is 518. The van der Waals surface area contributed by atoms with Crippen molar-refractivity contribution < 1.29 is 4.42 Å². The van der Waals surface area contributed by atoms with Crippen molar-refractivity contribution in [2.75, 3.05) is 6.54 Å². The predicted octanol–water partition coefficient (Wildman–Crippen LogP) is 2.47. The van der Waals surface area contributed by atoms with E-state index in [9.17, 15) is 0 Å². The highest BCUT2D eigenvalue weighted by Crippen LogP contribution is 2.39. The molecule has 3 nitrogen and oxygen atoms in total. The number of nitrogens with one attached hydrogen (secondary N) is 1. The third kappa shape index (κ3) is 1.87. The SMILES string of the molecule is CCNCc1ncc(C2Cc3ccccc32)o1. The minimum absolute atomic E-state index is 0.411. The van der Waals surface area contributed by atoms with Gasteiger partial charge in [0.05, 0.1) is 12.7 Å². The summed E-state index contributed by atoms with van der Waals surface area (Å²) >= 11 is 0. The lowest BCUT2D eigenvalue weighted by molar-refractivity contribution is 0.414. The van der Waals surface area contributed by atoms with E-state index >= 15 is 0 Å². The first-order valence-corrected chi connectivity index (χ1v) is 6.11. The Hall–Kier alpha value is -1.61. The number of aromatic nitrogens is 1. The van der Waals surface area contributed by atoms with Crippen molar-refractivity contribution in [3.8, 4) is 0 Å². The third-order valence-electron chi connectivity index (χ3n) is 3.30. The molecule has 1 atom stereocenters. The molecule has 1 N–H and O–H groups in total. The molecule has 0 amide bonds. The van der Waals surface area contributed by atoms with Crippen LogP contribution in [0.4, 0.5) is 0 Å². The second-order valence-corrected chi connectivity index (χ2v) is 4.39. The normalized spacial score (nSPS) is 17.6. The fourth-order valence-corrected chi connectivity index (χ4v) is 2.31. The first-order chi connectivity index (χ1) is 8.38. The van der Waals surface area contributed by atoms with Crippen molar-refractivity contribution >= 4 is 0 Å². The van der Waals surface area contributed by atoms with Gasteiger partial charge in [-0.3, -0.25) is 0 Å². The summed E-state index contributed by atoms with van der Waals surface area (Å²) in [6.45, 7) is 3.72. The van der Waals surface area contributed by atoms with Crippen LogP contribution in [0.15, 0.2) is 34.9 Å². The van der Waals surface area contributed by atoms with Gasteiger partial charge in [-0.05, 0) is 24.1 Å². The number of oxazole rings is 1. The molecule has 0 spiro atoms. The van der Waals surface area contributed by atoms with Gasteiger partial charge < -0.3 is 9.73 Å². The van der Waals surface area contributed by atoms with Crippen LogP contribution in [0.3, 0.4) is 0 Å². The van der Waals surface area contributed by atoms with Crippen molar-refractivity contribution in [3.05, 3.63) is 53.2 Å². The minimum atomic E-state index is 0.411. The summed E-state index contributed by atoms with van der Waals surface area (Å²) in [6, 6.07) is 8.53. The van der Waals surface area contributed by atoms with E-state index in [4.69, 9.17) is 4.42 Å². The lowest BCUT2D eigenvalue weighted by Crippen LogP contribution is -2.17. The Kier molecular flexibility index (Phi) is 2.69. The van der Waals surface area contributed by atoms with Gasteiger partial charge >= 0.3 is 0 Å². The van der Waals surface area contributed by atoms with Gasteiger partial charge in [-0.15, -0.1) is 0 Å². The number of hydrogen-bond acceptors (Lipinski definition) is 3. The molecular weight excluding hydrogens is 212 g/mol. The molecule has 0 radical (unpaired) electrons. The average Bonchev–Trinajstić information content (AvgIpc) is 2.76. The Morgan fingerprint density at radius 1 is 1.41 bits per heavy atom. The molecule has 2 aromatic rings. The Labute approximate surface area is 101 Å². The van der Waals surface area contributed by atoms with E-state index in [0.29, 0.717) is 12.5 Å². The molecular formula is C14H16N2O. The summed E-state index contributed by atoms with van der Waals surface area (Å²) in [5.74, 6) is 2.19. The lowest BCUT2D eigenvalue weighted by Gasteiger charge is -2.27. The van der Waals surface area contributed by atoms with Crippen LogP contribution in [0.2, 0.25) is 0 Å². The highest BCUT2D eigenvalue weighted by molar-refractivity contribution is 5.44. The van der Waals surface area contributed by atoms with Gasteiger partial charge in [-0.1, -0.05) is 31.2 Å². The highest BCUT2D eigenvalue weighted by atomic mass is 16.4. The van der Waals surface area contributed by atoms with E-state index < -0.39 is 0 Å². The van der Waals surface area contributed by atoms with Gasteiger partial charge in [-0.25, -0.2) is 4.98 Å². The molecule has 0 fully saturated rings. The van der Waals surface area contributed by atoms with E-state index in [0.717, 1.165) is 24.6 Å². The van der Waals surface area contributed by atoms with E-state index in [1.165, 1.54) is 11.1 Å². The molecule has 1 unspecified atom stereocenters. The zero-order valence-corrected chi connectivity index (χ0v) is 9.94. The molecule has 3 heteroatoms. The molecule has 1 aliphatic rings. The highest BCUT2D eigenvalue weighted by Gasteiger charge is 2.29. The van der Waals surface area contributed by atoms with Gasteiger partial charge in [0.25, 0.3) is 0 Å². The number of rotatable bonds is 4. The number of fused-ring (bicyclic) bond motifs is 1. The van der Waals surface area contributed by atoms with Crippen molar-refractivity contribution in [1.82, 2.24) is 10.3 Å². The number of hydrogen-bond donors (Lipinski definition) is 1. The Balaban J connectivity index is 1.76. The maximum absolute atomic E-state index is 5.77. The Morgan fingerprint density at radius 2 is 2.29 bits per heavy atom. The molecule has 0 bridgehead atoms. The van der Waals surface area contributed by atoms with Crippen LogP contribution in [0, 0.1) is 0 Å². The monoisotopic (exact) mass is 228 g/mol. The summed E-state index contributed by atoms with van der Waals surface area (Å²) in [7, 11) is 0. The molecule has 0 saturated carbocycles. The summed E-state index contributed by atoms with van der Waals surface area (Å²) in [6.07, 6.45) is 2.94. The van der Waals surface area contributed by atoms with Gasteiger partial charge in [0, 0.05) is 5.92 Å². The average molecular weight is 228 g/mol. The van der Waals surface area contributed by atoms with Crippen LogP contribution in [0.5, 0.6) is 0 Å². The van der Waals surface area contributed by atoms with Crippen LogP contribution in [0.1, 0.15) is 35.6 Å². The molecule has 17 heavy (non-hydrogen) atoms. The van der Waals surface area contributed by atoms with Crippen LogP contribution < -0.4 is 5.32 Å². The fraction of sp³-hybridized carbons (Fsp3) is 0.357. The summed E-state index contributed by atoms with van der Waals surface area (Å²) in [5.41, 5.74) is 2.82. The number of nitrogens with zero attached hydrogens (tertiary/aromatic N) is 1. The zero-order chi connectivity index (χ0) is 11.7. The van der Waals surface area contributed by atoms with E-state index in [2.05, 4.69) is 41.5 Å². The predicted molar refractivity (Wildman–Crippen MR) is 65.9 cm³/mol. The van der Waals surface area contributed by atoms with Crippen LogP contribution in [-0.4, -0.2) is 11.5 Å². The molecule has 1 heterocycles. The first-order valence-electron chi connectivity index (χ1n) is 6.11. The van der Waals surface area contributed by atoms with Crippen molar-refractivity contribution in [3.63, 3.8) is 0 Å². The smallest absolute Gasteiger partial charge is 0.208 e. The fourth-order valence-electron chi connectivity index (χ4n) is 2.31. The topological polar surface area (TPSA) is 38.1 Å². The standard InChI is InChI=1S/C14H16N2O/c1-2-15-9-14-16-8-13(17-14)12-7-10-5-3-4-6-11(10)12/h3-6,8,12,15H,2,7,9H2,1H3. The second kappa shape index (κ2) is 4.34. The molecule has 1 aromatic heterocycles. The maximum Gasteiger partial charge on any atom is 0.208 e. The number of benzene rings is 1. The maximum atomic E-state index is 5.77. The van der Waals surface area contributed by atoms with Gasteiger partial charge in [0.2, 0.25) is 5.89 Å². The Morgan fingerprint density at radius 3 is 3.12 bits per heavy atom. The van der Waals surface area contributed by atoms with Gasteiger partial charge in [0.1, 0.15) is 5.76 Å². The molecule has 1 aliphatic carbocycles. The van der Waals surface area contributed by atoms with E-state index in [1.54, 1.807) is 0 Å². The van der Waals surface area contributed by atoms with Crippen molar-refractivity contribution in [1.29, 1.82) is 0 Å². The summed E-state index contributed by atoms with van der Waals surface area (Å²) in [5, 5.41) is 3.22. The second-order valence-electron chi connectivity index (χ2n) is 4.39. The summed E-state index contributed by atoms with van der Waals surface area (Å²) < 4.78 is 5.77. The van der Waals surface area contributed by atoms with Crippen molar-refractivity contribution in [2.45, 2.75) is 25.8 Å². The summed E-state index contributed by atoms with van der Waals surface area (Å²) in [4.78, 5) is 4.30. The largest absolute Gasteiger partial charge is 0.444 e. The van der Waals surface area contributed by atoms with Crippen LogP contribution in [0.25, 0.3) is 0 Å². The molecule has 1 aromatic carbocycles. The van der Waals surface area contributed by atoms with Crippen LogP contribution in [-0.2, 0) is 13.0 Å². The zero-order valence-electron chi connectivity index (χ0n) is 9.94. The van der Waals surface area contributed by atoms with Gasteiger partial charge in [0.15, 0.2) is 0 Å². The molecule has 3 rings (SSSR count). The quantitative estimate of drug-likeness (QED) is 0.873. The molecule has 0 saturated heterocycles. The van der Waals surface area contributed by atoms with E-state index in [-0.39, 0.29) is 0 Å². The lowest BCUT2D eigenvalue weighted by atomic mass is 9.76. The van der Waals surface area contributed by atoms with Crippen LogP contribution >= 0.6 is 0 Å². The first kappa shape index (κ1) is 10.5. The molecule has 88 valence electrons.